The summed E-state index contributed by atoms with van der Waals surface area (Å²) >= 11 is 0. The smallest absolute Gasteiger partial charge is 0.151 e. The van der Waals surface area contributed by atoms with Gasteiger partial charge in [-0.25, -0.2) is 0 Å². The van der Waals surface area contributed by atoms with Gasteiger partial charge in [-0.05, 0) is 35.6 Å². The van der Waals surface area contributed by atoms with Gasteiger partial charge in [0, 0.05) is 50.7 Å². The predicted octanol–water partition coefficient (Wildman–Crippen LogP) is 3.11. The minimum Gasteiger partial charge on any atom is -0.354 e. The quantitative estimate of drug-likeness (QED) is 0.718. The van der Waals surface area contributed by atoms with Crippen LogP contribution in [0.5, 0.6) is 0 Å². The summed E-state index contributed by atoms with van der Waals surface area (Å²) in [5.74, 6) is 2.44. The lowest BCUT2D eigenvalue weighted by Gasteiger charge is -2.22. The number of anilines is 1. The minimum absolute atomic E-state index is 0.720. The van der Waals surface area contributed by atoms with Crippen LogP contribution in [0, 0.1) is 11.8 Å². The monoisotopic (exact) mass is 357 g/mol. The molecule has 2 aromatic heterocycles. The second kappa shape index (κ2) is 7.08. The van der Waals surface area contributed by atoms with E-state index in [1.54, 1.807) is 0 Å². The number of fused-ring (bicyclic) bond motifs is 1. The summed E-state index contributed by atoms with van der Waals surface area (Å²) in [7, 11) is 0. The van der Waals surface area contributed by atoms with E-state index in [-0.39, 0.29) is 0 Å². The van der Waals surface area contributed by atoms with E-state index < -0.39 is 0 Å². The van der Waals surface area contributed by atoms with Crippen LogP contribution in [0.15, 0.2) is 67.0 Å². The number of aromatic nitrogens is 3. The van der Waals surface area contributed by atoms with Gasteiger partial charge in [0.15, 0.2) is 5.82 Å². The molecule has 0 spiro atoms. The van der Waals surface area contributed by atoms with Crippen molar-refractivity contribution in [3.8, 4) is 11.3 Å². The van der Waals surface area contributed by atoms with Gasteiger partial charge in [0.05, 0.1) is 5.69 Å². The Labute approximate surface area is 159 Å². The first kappa shape index (κ1) is 16.4. The molecule has 136 valence electrons. The van der Waals surface area contributed by atoms with E-state index in [0.29, 0.717) is 0 Å². The zero-order valence-corrected chi connectivity index (χ0v) is 15.3. The van der Waals surface area contributed by atoms with Crippen molar-refractivity contribution in [2.75, 3.05) is 31.1 Å². The van der Waals surface area contributed by atoms with Gasteiger partial charge >= 0.3 is 0 Å². The Morgan fingerprint density at radius 3 is 2.30 bits per heavy atom. The number of likely N-dealkylation sites (tertiary alicyclic amines) is 1. The molecule has 2 unspecified atom stereocenters. The molecule has 27 heavy (non-hydrogen) atoms. The minimum atomic E-state index is 0.720. The third kappa shape index (κ3) is 3.43. The van der Waals surface area contributed by atoms with Crippen LogP contribution in [0.1, 0.15) is 5.56 Å². The second-order valence-corrected chi connectivity index (χ2v) is 7.62. The lowest BCUT2D eigenvalue weighted by molar-refractivity contribution is 0.308. The number of hydrogen-bond acceptors (Lipinski definition) is 5. The van der Waals surface area contributed by atoms with E-state index in [0.717, 1.165) is 61.6 Å². The Balaban J connectivity index is 1.21. The first-order valence-corrected chi connectivity index (χ1v) is 9.60. The van der Waals surface area contributed by atoms with Gasteiger partial charge in [-0.3, -0.25) is 9.88 Å². The van der Waals surface area contributed by atoms with Crippen molar-refractivity contribution in [3.05, 3.63) is 72.6 Å². The van der Waals surface area contributed by atoms with Gasteiger partial charge in [0.25, 0.3) is 0 Å². The average molecular weight is 357 g/mol. The Morgan fingerprint density at radius 1 is 0.815 bits per heavy atom. The molecule has 0 N–H and O–H groups in total. The summed E-state index contributed by atoms with van der Waals surface area (Å²) in [6.45, 7) is 5.48. The maximum atomic E-state index is 4.51. The highest BCUT2D eigenvalue weighted by Crippen LogP contribution is 2.34. The molecule has 0 amide bonds. The molecule has 5 heteroatoms. The number of nitrogens with zero attached hydrogens (tertiary/aromatic N) is 5. The third-order valence-corrected chi connectivity index (χ3v) is 5.73. The maximum Gasteiger partial charge on any atom is 0.151 e. The van der Waals surface area contributed by atoms with Crippen LogP contribution in [0.25, 0.3) is 11.3 Å². The summed E-state index contributed by atoms with van der Waals surface area (Å²) in [4.78, 5) is 9.19. The molecule has 0 saturated carbocycles. The first-order chi connectivity index (χ1) is 13.3. The average Bonchev–Trinajstić information content (AvgIpc) is 3.28. The molecule has 4 heterocycles. The highest BCUT2D eigenvalue weighted by atomic mass is 15.3. The van der Waals surface area contributed by atoms with Crippen LogP contribution in [0.2, 0.25) is 0 Å². The summed E-state index contributed by atoms with van der Waals surface area (Å²) < 4.78 is 0. The lowest BCUT2D eigenvalue weighted by atomic mass is 10.0. The Hall–Kier alpha value is -2.79. The summed E-state index contributed by atoms with van der Waals surface area (Å²) in [6.07, 6.45) is 3.81. The molecule has 1 aromatic carbocycles. The second-order valence-electron chi connectivity index (χ2n) is 7.62. The van der Waals surface area contributed by atoms with E-state index in [4.69, 9.17) is 0 Å². The van der Waals surface area contributed by atoms with Gasteiger partial charge < -0.3 is 4.90 Å². The standard InChI is InChI=1S/C22H23N5/c1-2-6-18(7-3-1)21-8-9-22(25-24-21)27-15-19-13-26(14-20(19)16-27)12-17-5-4-10-23-11-17/h1-11,19-20H,12-16H2. The Kier molecular flexibility index (Phi) is 4.30. The number of benzene rings is 1. The third-order valence-electron chi connectivity index (χ3n) is 5.73. The molecular formula is C22H23N5. The topological polar surface area (TPSA) is 45.2 Å². The number of pyridine rings is 1. The van der Waals surface area contributed by atoms with Crippen LogP contribution >= 0.6 is 0 Å². The predicted molar refractivity (Wildman–Crippen MR) is 106 cm³/mol. The van der Waals surface area contributed by atoms with Gasteiger partial charge in [-0.2, -0.15) is 0 Å². The fourth-order valence-electron chi connectivity index (χ4n) is 4.41. The molecule has 5 rings (SSSR count). The van der Waals surface area contributed by atoms with E-state index in [1.807, 2.05) is 36.7 Å². The van der Waals surface area contributed by atoms with Crippen molar-refractivity contribution >= 4 is 5.82 Å². The summed E-state index contributed by atoms with van der Waals surface area (Å²) in [5, 5.41) is 8.95. The molecule has 2 saturated heterocycles. The number of rotatable bonds is 4. The molecule has 2 aliphatic heterocycles. The van der Waals surface area contributed by atoms with Crippen molar-refractivity contribution < 1.29 is 0 Å². The van der Waals surface area contributed by atoms with Crippen LogP contribution < -0.4 is 4.90 Å². The Morgan fingerprint density at radius 2 is 1.63 bits per heavy atom. The van der Waals surface area contributed by atoms with E-state index in [2.05, 4.69) is 55.3 Å². The fourth-order valence-corrected chi connectivity index (χ4v) is 4.41. The molecule has 2 aliphatic rings. The molecule has 2 atom stereocenters. The largest absolute Gasteiger partial charge is 0.354 e. The lowest BCUT2D eigenvalue weighted by Crippen LogP contribution is -2.29. The van der Waals surface area contributed by atoms with Crippen LogP contribution in [-0.2, 0) is 6.54 Å². The molecule has 0 bridgehead atoms. The van der Waals surface area contributed by atoms with E-state index >= 15 is 0 Å². The highest BCUT2D eigenvalue weighted by Gasteiger charge is 2.40. The molecule has 2 fully saturated rings. The summed E-state index contributed by atoms with van der Waals surface area (Å²) in [5.41, 5.74) is 3.35. The molecular weight excluding hydrogens is 334 g/mol. The maximum absolute atomic E-state index is 4.51. The molecule has 3 aromatic rings. The Bertz CT molecular complexity index is 868. The molecule has 5 nitrogen and oxygen atoms in total. The van der Waals surface area contributed by atoms with Crippen LogP contribution in [0.3, 0.4) is 0 Å². The van der Waals surface area contributed by atoms with Crippen LogP contribution in [-0.4, -0.2) is 46.3 Å². The van der Waals surface area contributed by atoms with Crippen molar-refractivity contribution in [1.82, 2.24) is 20.1 Å². The number of hydrogen-bond donors (Lipinski definition) is 0. The highest BCUT2D eigenvalue weighted by molar-refractivity contribution is 5.59. The SMILES string of the molecule is c1ccc(-c2ccc(N3CC4CN(Cc5cccnc5)CC4C3)nn2)cc1. The van der Waals surface area contributed by atoms with Gasteiger partial charge in [0.2, 0.25) is 0 Å². The van der Waals surface area contributed by atoms with Crippen molar-refractivity contribution in [3.63, 3.8) is 0 Å². The van der Waals surface area contributed by atoms with E-state index in [9.17, 15) is 0 Å². The van der Waals surface area contributed by atoms with E-state index in [1.165, 1.54) is 5.56 Å². The van der Waals surface area contributed by atoms with Crippen molar-refractivity contribution in [2.24, 2.45) is 11.8 Å². The van der Waals surface area contributed by atoms with Crippen LogP contribution in [0.4, 0.5) is 5.82 Å². The zero-order valence-electron chi connectivity index (χ0n) is 15.3. The normalized spacial score (nSPS) is 22.1. The first-order valence-electron chi connectivity index (χ1n) is 9.60. The summed E-state index contributed by atoms with van der Waals surface area (Å²) in [6, 6.07) is 18.6. The van der Waals surface area contributed by atoms with Gasteiger partial charge in [-0.1, -0.05) is 36.4 Å². The zero-order chi connectivity index (χ0) is 18.1. The fraction of sp³-hybridized carbons (Fsp3) is 0.318. The van der Waals surface area contributed by atoms with Gasteiger partial charge in [-0.15, -0.1) is 10.2 Å². The molecule has 0 radical (unpaired) electrons. The molecule has 0 aliphatic carbocycles. The van der Waals surface area contributed by atoms with Gasteiger partial charge in [0.1, 0.15) is 0 Å². The van der Waals surface area contributed by atoms with Crippen molar-refractivity contribution in [2.45, 2.75) is 6.54 Å². The van der Waals surface area contributed by atoms with Crippen molar-refractivity contribution in [1.29, 1.82) is 0 Å².